The second-order valence-corrected chi connectivity index (χ2v) is 16.5. The molecule has 5 fully saturated rings. The molecule has 5 heterocycles. The van der Waals surface area contributed by atoms with Crippen LogP contribution in [-0.4, -0.2) is 229 Å². The second-order valence-electron chi connectivity index (χ2n) is 16.5. The fraction of sp³-hybridized carbons (Fsp3) is 0.921. The summed E-state index contributed by atoms with van der Waals surface area (Å²) in [6.45, 7) is 9.33. The monoisotopic (exact) mass is 917 g/mol. The third-order valence-electron chi connectivity index (χ3n) is 11.7. The zero-order valence-electron chi connectivity index (χ0n) is 35.7. The number of carbonyl (C=O) groups excluding carboxylic acids is 2. The zero-order chi connectivity index (χ0) is 46.8. The van der Waals surface area contributed by atoms with Gasteiger partial charge >= 0.3 is 11.9 Å². The van der Waals surface area contributed by atoms with E-state index in [0.29, 0.717) is 6.42 Å². The smallest absolute Gasteiger partial charge is 0.335 e. The van der Waals surface area contributed by atoms with Crippen LogP contribution in [0.25, 0.3) is 0 Å². The molecule has 25 atom stereocenters. The van der Waals surface area contributed by atoms with Crippen LogP contribution in [0.1, 0.15) is 54.9 Å². The average molecular weight is 918 g/mol. The summed E-state index contributed by atoms with van der Waals surface area (Å²) in [4.78, 5) is 37.3. The van der Waals surface area contributed by atoms with Crippen LogP contribution in [0.3, 0.4) is 0 Å². The number of hydrogen-bond donors (Lipinski definition) is 11. The van der Waals surface area contributed by atoms with Crippen molar-refractivity contribution in [3.63, 3.8) is 0 Å². The molecule has 0 aromatic rings. The van der Waals surface area contributed by atoms with Crippen LogP contribution in [0.2, 0.25) is 0 Å². The minimum Gasteiger partial charge on any atom is -0.479 e. The van der Waals surface area contributed by atoms with Gasteiger partial charge in [0.15, 0.2) is 43.7 Å². The molecule has 5 aliphatic heterocycles. The number of amides is 1. The summed E-state index contributed by atoms with van der Waals surface area (Å²) in [5.74, 6) is -4.08. The Morgan fingerprint density at radius 2 is 1.06 bits per heavy atom. The molecule has 0 radical (unpaired) electrons. The Hall–Kier alpha value is -2.35. The summed E-state index contributed by atoms with van der Waals surface area (Å²) >= 11 is 0. The highest BCUT2D eigenvalue weighted by molar-refractivity contribution is 5.74. The van der Waals surface area contributed by atoms with Crippen molar-refractivity contribution in [1.82, 2.24) is 5.32 Å². The van der Waals surface area contributed by atoms with E-state index in [1.165, 1.54) is 13.8 Å². The van der Waals surface area contributed by atoms with Crippen LogP contribution in [0, 0.1) is 5.92 Å². The van der Waals surface area contributed by atoms with Gasteiger partial charge in [-0.15, -0.1) is 0 Å². The van der Waals surface area contributed by atoms with E-state index in [9.17, 15) is 65.4 Å². The Morgan fingerprint density at radius 3 is 1.62 bits per heavy atom. The molecule has 364 valence electrons. The van der Waals surface area contributed by atoms with Crippen molar-refractivity contribution < 1.29 is 118 Å². The second kappa shape index (κ2) is 22.0. The van der Waals surface area contributed by atoms with Gasteiger partial charge in [-0.2, -0.15) is 0 Å². The average Bonchev–Trinajstić information content (AvgIpc) is 3.22. The number of aliphatic hydroxyl groups is 9. The standard InChI is InChI=1S/C38H63NO24/c1-8-9-53-36-27(11(2)19(43)12(3)54-36)59-34-18(39-15(6)41)28(22(46)17(10-40)58-34)60-35-26(50)25(49)29(32(63-35)33(51)52)61-38-31(24(48)21(45)14(5)56-38)62-37-30(57-16(7)42)23(47)20(44)13(4)55-37/h11-14,17-32,34-38,40,43-50H,8-10H2,1-7H3,(H,39,41)(H,51,52)/t11-,12?,13-,14-,17?,18?,19+,20-,21-,22-,23?,24?,25+,26?,27?,28+,29+,30?,31?,32?,34-,35+,36+,37-,38-/m0/s1. The van der Waals surface area contributed by atoms with E-state index in [-0.39, 0.29) is 6.61 Å². The van der Waals surface area contributed by atoms with Crippen LogP contribution in [-0.2, 0) is 66.5 Å². The normalized spacial score (nSPS) is 48.3. The lowest BCUT2D eigenvalue weighted by Gasteiger charge is -2.50. The van der Waals surface area contributed by atoms with E-state index >= 15 is 0 Å². The largest absolute Gasteiger partial charge is 0.479 e. The Bertz CT molecular complexity index is 1510. The molecule has 0 bridgehead atoms. The first kappa shape index (κ1) is 51.6. The first-order chi connectivity index (χ1) is 29.6. The van der Waals surface area contributed by atoms with E-state index in [1.54, 1.807) is 13.8 Å². The molecule has 5 aliphatic rings. The van der Waals surface area contributed by atoms with Gasteiger partial charge in [-0.05, 0) is 27.2 Å². The van der Waals surface area contributed by atoms with Crippen LogP contribution in [0.4, 0.5) is 0 Å². The van der Waals surface area contributed by atoms with Crippen molar-refractivity contribution in [2.75, 3.05) is 13.2 Å². The third-order valence-corrected chi connectivity index (χ3v) is 11.7. The highest BCUT2D eigenvalue weighted by Gasteiger charge is 2.58. The van der Waals surface area contributed by atoms with Gasteiger partial charge < -0.3 is 108 Å². The Kier molecular flexibility index (Phi) is 18.0. The molecule has 1 amide bonds. The Morgan fingerprint density at radius 1 is 0.556 bits per heavy atom. The van der Waals surface area contributed by atoms with Crippen molar-refractivity contribution in [2.24, 2.45) is 5.92 Å². The van der Waals surface area contributed by atoms with Gasteiger partial charge in [0, 0.05) is 26.4 Å². The lowest BCUT2D eigenvalue weighted by atomic mass is 9.90. The molecule has 5 saturated heterocycles. The lowest BCUT2D eigenvalue weighted by molar-refractivity contribution is -0.389. The molecule has 5 rings (SSSR count). The van der Waals surface area contributed by atoms with E-state index in [2.05, 4.69) is 5.32 Å². The number of carbonyl (C=O) groups is 3. The molecule has 0 aliphatic carbocycles. The molecule has 0 saturated carbocycles. The number of hydrogen-bond acceptors (Lipinski definition) is 23. The Balaban J connectivity index is 1.40. The van der Waals surface area contributed by atoms with Crippen molar-refractivity contribution in [3.05, 3.63) is 0 Å². The molecule has 11 N–H and O–H groups in total. The summed E-state index contributed by atoms with van der Waals surface area (Å²) in [5, 5.41) is 111. The molecular formula is C38H63NO24. The third kappa shape index (κ3) is 11.4. The van der Waals surface area contributed by atoms with Crippen LogP contribution < -0.4 is 5.32 Å². The van der Waals surface area contributed by atoms with Crippen molar-refractivity contribution in [2.45, 2.75) is 202 Å². The maximum absolute atomic E-state index is 12.8. The van der Waals surface area contributed by atoms with E-state index in [1.807, 2.05) is 6.92 Å². The molecule has 25 heteroatoms. The van der Waals surface area contributed by atoms with Gasteiger partial charge in [0.2, 0.25) is 5.91 Å². The van der Waals surface area contributed by atoms with Gasteiger partial charge in [0.05, 0.1) is 31.0 Å². The quantitative estimate of drug-likeness (QED) is 0.0683. The van der Waals surface area contributed by atoms with Crippen LogP contribution in [0.5, 0.6) is 0 Å². The summed E-state index contributed by atoms with van der Waals surface area (Å²) in [5.41, 5.74) is 0. The summed E-state index contributed by atoms with van der Waals surface area (Å²) in [6, 6.07) is -1.51. The number of rotatable bonds is 15. The molecule has 63 heavy (non-hydrogen) atoms. The number of nitrogens with one attached hydrogen (secondary N) is 1. The molecular weight excluding hydrogens is 854 g/mol. The maximum Gasteiger partial charge on any atom is 0.335 e. The number of carboxylic acid groups (broad SMARTS) is 1. The number of aliphatic carboxylic acids is 1. The highest BCUT2D eigenvalue weighted by atomic mass is 16.8. The fourth-order valence-corrected chi connectivity index (χ4v) is 8.13. The maximum atomic E-state index is 12.8. The Labute approximate surface area is 361 Å². The predicted molar refractivity (Wildman–Crippen MR) is 201 cm³/mol. The van der Waals surface area contributed by atoms with Crippen molar-refractivity contribution in [1.29, 1.82) is 0 Å². The van der Waals surface area contributed by atoms with Crippen LogP contribution >= 0.6 is 0 Å². The van der Waals surface area contributed by atoms with E-state index < -0.39 is 178 Å². The number of ether oxygens (including phenoxy) is 11. The van der Waals surface area contributed by atoms with Gasteiger partial charge in [-0.3, -0.25) is 9.59 Å². The van der Waals surface area contributed by atoms with Gasteiger partial charge in [0.25, 0.3) is 0 Å². The molecule has 10 unspecified atom stereocenters. The highest BCUT2D eigenvalue weighted by Crippen LogP contribution is 2.37. The van der Waals surface area contributed by atoms with E-state index in [4.69, 9.17) is 52.1 Å². The minimum atomic E-state index is -2.25. The molecule has 0 spiro atoms. The van der Waals surface area contributed by atoms with E-state index in [0.717, 1.165) is 13.8 Å². The molecule has 0 aromatic carbocycles. The number of carboxylic acids is 1. The summed E-state index contributed by atoms with van der Waals surface area (Å²) < 4.78 is 63.8. The summed E-state index contributed by atoms with van der Waals surface area (Å²) in [7, 11) is 0. The molecule has 25 nitrogen and oxygen atoms in total. The van der Waals surface area contributed by atoms with Gasteiger partial charge in [-0.25, -0.2) is 4.79 Å². The number of esters is 1. The topological polar surface area (TPSA) is 367 Å². The van der Waals surface area contributed by atoms with Crippen molar-refractivity contribution in [3.8, 4) is 0 Å². The first-order valence-corrected chi connectivity index (χ1v) is 20.8. The van der Waals surface area contributed by atoms with Crippen molar-refractivity contribution >= 4 is 17.8 Å². The zero-order valence-corrected chi connectivity index (χ0v) is 35.7. The van der Waals surface area contributed by atoms with Crippen LogP contribution in [0.15, 0.2) is 0 Å². The molecule has 0 aromatic heterocycles. The van der Waals surface area contributed by atoms with Gasteiger partial charge in [0.1, 0.15) is 79.3 Å². The fourth-order valence-electron chi connectivity index (χ4n) is 8.13. The summed E-state index contributed by atoms with van der Waals surface area (Å²) in [6.07, 6.45) is -37.4. The number of aliphatic hydroxyl groups excluding tert-OH is 9. The lowest BCUT2D eigenvalue weighted by Crippen LogP contribution is -2.70. The minimum absolute atomic E-state index is 0.237. The van der Waals surface area contributed by atoms with Gasteiger partial charge in [-0.1, -0.05) is 13.8 Å². The first-order valence-electron chi connectivity index (χ1n) is 20.8. The predicted octanol–water partition coefficient (Wildman–Crippen LogP) is -5.33. The SMILES string of the molecule is CCCO[C@@H]1OC(C)[C@H](O)[C@H](C)C1O[C@@H]1OC(CO)[C@H](O)[C@H](O[C@@H]2OC(C(=O)O)[C@H](O[C@@H]3O[C@@H](C)[C@H](O)C(O)C3O[C@@H]3O[C@@H](C)[C@H](O)C(O)C3OC(C)=O)[C@H](O)C2O)C1NC(C)=O.